The molecule has 0 N–H and O–H groups in total. The molecule has 138 valence electrons. The lowest BCUT2D eigenvalue weighted by Crippen LogP contribution is -2.30. The number of benzene rings is 1. The Morgan fingerprint density at radius 1 is 1.11 bits per heavy atom. The summed E-state index contributed by atoms with van der Waals surface area (Å²) in [6, 6.07) is 7.74. The quantitative estimate of drug-likeness (QED) is 0.715. The van der Waals surface area contributed by atoms with Gasteiger partial charge in [0.05, 0.1) is 16.9 Å². The standard InChI is InChI=1S/C21H23N5O/c1-25-20(24-17-6-3-2-5-16(17)21(25)27)18-7-4-10-26(18)13-14-11-22-19(23-12-14)15-8-9-15/h2-3,5-6,11-12,15,18H,4,7-10,13H2,1H3. The second-order valence-corrected chi connectivity index (χ2v) is 7.70. The molecule has 2 aliphatic rings. The van der Waals surface area contributed by atoms with Gasteiger partial charge in [0.2, 0.25) is 0 Å². The van der Waals surface area contributed by atoms with Gasteiger partial charge in [0.25, 0.3) is 5.56 Å². The first-order valence-corrected chi connectivity index (χ1v) is 9.71. The second-order valence-electron chi connectivity index (χ2n) is 7.70. The van der Waals surface area contributed by atoms with E-state index in [2.05, 4.69) is 14.9 Å². The molecule has 27 heavy (non-hydrogen) atoms. The molecule has 1 aliphatic heterocycles. The average Bonchev–Trinajstić information content (AvgIpc) is 3.45. The molecule has 6 nitrogen and oxygen atoms in total. The highest BCUT2D eigenvalue weighted by Crippen LogP contribution is 2.38. The SMILES string of the molecule is Cn1c(C2CCCN2Cc2cnc(C3CC3)nc2)nc2ccccc2c1=O. The van der Waals surface area contributed by atoms with Gasteiger partial charge >= 0.3 is 0 Å². The summed E-state index contributed by atoms with van der Waals surface area (Å²) < 4.78 is 1.72. The molecule has 0 radical (unpaired) electrons. The topological polar surface area (TPSA) is 63.9 Å². The van der Waals surface area contributed by atoms with E-state index in [1.807, 2.05) is 43.7 Å². The zero-order valence-electron chi connectivity index (χ0n) is 15.5. The van der Waals surface area contributed by atoms with Crippen LogP contribution in [0.15, 0.2) is 41.5 Å². The minimum Gasteiger partial charge on any atom is -0.298 e. The number of likely N-dealkylation sites (tertiary alicyclic amines) is 1. The van der Waals surface area contributed by atoms with Crippen molar-refractivity contribution < 1.29 is 0 Å². The first kappa shape index (κ1) is 16.6. The lowest BCUT2D eigenvalue weighted by Gasteiger charge is -2.25. The van der Waals surface area contributed by atoms with Gasteiger partial charge in [-0.3, -0.25) is 14.3 Å². The fraction of sp³-hybridized carbons (Fsp3) is 0.429. The molecule has 6 heteroatoms. The molecular weight excluding hydrogens is 338 g/mol. The zero-order valence-corrected chi connectivity index (χ0v) is 15.5. The van der Waals surface area contributed by atoms with Crippen molar-refractivity contribution >= 4 is 10.9 Å². The number of para-hydroxylation sites is 1. The largest absolute Gasteiger partial charge is 0.298 e. The van der Waals surface area contributed by atoms with Crippen LogP contribution in [-0.2, 0) is 13.6 Å². The summed E-state index contributed by atoms with van der Waals surface area (Å²) >= 11 is 0. The van der Waals surface area contributed by atoms with Crippen molar-refractivity contribution in [3.8, 4) is 0 Å². The lowest BCUT2D eigenvalue weighted by molar-refractivity contribution is 0.234. The lowest BCUT2D eigenvalue weighted by atomic mass is 10.1. The Hall–Kier alpha value is -2.60. The maximum atomic E-state index is 12.8. The van der Waals surface area contributed by atoms with E-state index < -0.39 is 0 Å². The van der Waals surface area contributed by atoms with Gasteiger partial charge in [-0.05, 0) is 44.4 Å². The van der Waals surface area contributed by atoms with Crippen molar-refractivity contribution in [3.05, 3.63) is 64.2 Å². The summed E-state index contributed by atoms with van der Waals surface area (Å²) in [5.74, 6) is 2.41. The first-order valence-electron chi connectivity index (χ1n) is 9.71. The van der Waals surface area contributed by atoms with E-state index in [0.717, 1.165) is 48.7 Å². The molecule has 1 aromatic carbocycles. The van der Waals surface area contributed by atoms with Crippen LogP contribution < -0.4 is 5.56 Å². The number of fused-ring (bicyclic) bond motifs is 1. The Bertz CT molecular complexity index is 1040. The fourth-order valence-corrected chi connectivity index (χ4v) is 4.07. The highest BCUT2D eigenvalue weighted by Gasteiger charge is 2.30. The van der Waals surface area contributed by atoms with Gasteiger partial charge in [0, 0.05) is 37.5 Å². The summed E-state index contributed by atoms with van der Waals surface area (Å²) in [4.78, 5) is 29.1. The van der Waals surface area contributed by atoms with Crippen LogP contribution in [0.2, 0.25) is 0 Å². The van der Waals surface area contributed by atoms with Crippen LogP contribution in [0.5, 0.6) is 0 Å². The molecule has 1 aliphatic carbocycles. The van der Waals surface area contributed by atoms with Crippen LogP contribution in [0.4, 0.5) is 0 Å². The Labute approximate surface area is 157 Å². The molecule has 2 fully saturated rings. The van der Waals surface area contributed by atoms with Crippen molar-refractivity contribution in [2.24, 2.45) is 7.05 Å². The number of rotatable bonds is 4. The number of aromatic nitrogens is 4. The maximum absolute atomic E-state index is 12.8. The van der Waals surface area contributed by atoms with E-state index in [9.17, 15) is 4.79 Å². The van der Waals surface area contributed by atoms with Gasteiger partial charge in [-0.25, -0.2) is 15.0 Å². The molecule has 0 spiro atoms. The Morgan fingerprint density at radius 3 is 2.67 bits per heavy atom. The Morgan fingerprint density at radius 2 is 1.89 bits per heavy atom. The number of hydrogen-bond donors (Lipinski definition) is 0. The normalized spacial score (nSPS) is 20.4. The molecule has 1 unspecified atom stereocenters. The maximum Gasteiger partial charge on any atom is 0.261 e. The zero-order chi connectivity index (χ0) is 18.4. The van der Waals surface area contributed by atoms with Crippen LogP contribution in [-0.4, -0.2) is 31.0 Å². The third kappa shape index (κ3) is 3.04. The summed E-state index contributed by atoms with van der Waals surface area (Å²) in [5.41, 5.74) is 1.93. The van der Waals surface area contributed by atoms with Crippen molar-refractivity contribution in [2.45, 2.75) is 44.2 Å². The predicted molar refractivity (Wildman–Crippen MR) is 103 cm³/mol. The molecule has 0 amide bonds. The van der Waals surface area contributed by atoms with Gasteiger partial charge in [-0.15, -0.1) is 0 Å². The molecule has 1 saturated heterocycles. The third-order valence-corrected chi connectivity index (χ3v) is 5.73. The Kier molecular flexibility index (Phi) is 4.01. The van der Waals surface area contributed by atoms with E-state index in [1.165, 1.54) is 12.8 Å². The van der Waals surface area contributed by atoms with Crippen LogP contribution in [0.1, 0.15) is 54.9 Å². The number of hydrogen-bond acceptors (Lipinski definition) is 5. The highest BCUT2D eigenvalue weighted by atomic mass is 16.1. The van der Waals surface area contributed by atoms with Crippen LogP contribution in [0.25, 0.3) is 10.9 Å². The van der Waals surface area contributed by atoms with E-state index in [0.29, 0.717) is 11.3 Å². The summed E-state index contributed by atoms with van der Waals surface area (Å²) in [6.45, 7) is 1.79. The average molecular weight is 361 g/mol. The van der Waals surface area contributed by atoms with Gasteiger partial charge in [0.15, 0.2) is 0 Å². The molecule has 0 bridgehead atoms. The van der Waals surface area contributed by atoms with Crippen LogP contribution in [0, 0.1) is 0 Å². The second kappa shape index (κ2) is 6.53. The predicted octanol–water partition coefficient (Wildman–Crippen LogP) is 2.94. The van der Waals surface area contributed by atoms with E-state index in [4.69, 9.17) is 4.98 Å². The van der Waals surface area contributed by atoms with Crippen LogP contribution >= 0.6 is 0 Å². The van der Waals surface area contributed by atoms with E-state index in [-0.39, 0.29) is 11.6 Å². The Balaban J connectivity index is 1.44. The molecule has 2 aromatic heterocycles. The summed E-state index contributed by atoms with van der Waals surface area (Å²) in [6.07, 6.45) is 8.48. The number of nitrogens with zero attached hydrogens (tertiary/aromatic N) is 5. The minimum absolute atomic E-state index is 0.0274. The minimum atomic E-state index is 0.0274. The molecule has 3 heterocycles. The van der Waals surface area contributed by atoms with Crippen molar-refractivity contribution in [2.75, 3.05) is 6.54 Å². The highest BCUT2D eigenvalue weighted by molar-refractivity contribution is 5.77. The molecule has 5 rings (SSSR count). The van der Waals surface area contributed by atoms with Crippen molar-refractivity contribution in [1.82, 2.24) is 24.4 Å². The third-order valence-electron chi connectivity index (χ3n) is 5.73. The summed E-state index contributed by atoms with van der Waals surface area (Å²) in [5, 5.41) is 0.678. The summed E-state index contributed by atoms with van der Waals surface area (Å²) in [7, 11) is 1.83. The molecular formula is C21H23N5O. The first-order chi connectivity index (χ1) is 13.2. The van der Waals surface area contributed by atoms with E-state index in [1.54, 1.807) is 4.57 Å². The van der Waals surface area contributed by atoms with Gasteiger partial charge < -0.3 is 0 Å². The van der Waals surface area contributed by atoms with Crippen molar-refractivity contribution in [1.29, 1.82) is 0 Å². The smallest absolute Gasteiger partial charge is 0.261 e. The van der Waals surface area contributed by atoms with Gasteiger partial charge in [-0.1, -0.05) is 12.1 Å². The van der Waals surface area contributed by atoms with E-state index >= 15 is 0 Å². The van der Waals surface area contributed by atoms with Crippen molar-refractivity contribution in [3.63, 3.8) is 0 Å². The molecule has 1 saturated carbocycles. The van der Waals surface area contributed by atoms with Crippen LogP contribution in [0.3, 0.4) is 0 Å². The monoisotopic (exact) mass is 361 g/mol. The van der Waals surface area contributed by atoms with Gasteiger partial charge in [-0.2, -0.15) is 0 Å². The molecule has 1 atom stereocenters. The molecule has 3 aromatic rings. The van der Waals surface area contributed by atoms with Gasteiger partial charge in [0.1, 0.15) is 11.6 Å². The fourth-order valence-electron chi connectivity index (χ4n) is 4.07.